The topological polar surface area (TPSA) is 43.4 Å². The molecule has 1 aliphatic rings. The van der Waals surface area contributed by atoms with Gasteiger partial charge in [0, 0.05) is 29.2 Å². The molecule has 0 saturated carbocycles. The Morgan fingerprint density at radius 2 is 1.13 bits per heavy atom. The van der Waals surface area contributed by atoms with E-state index in [0.717, 1.165) is 50.1 Å². The fourth-order valence-electron chi connectivity index (χ4n) is 5.79. The van der Waals surface area contributed by atoms with Gasteiger partial charge in [0.05, 0.1) is 0 Å². The maximum Gasteiger partial charge on any atom is 0.308 e. The third-order valence-corrected chi connectivity index (χ3v) is 8.94. The summed E-state index contributed by atoms with van der Waals surface area (Å²) in [6.45, 7) is 27.1. The van der Waals surface area contributed by atoms with Crippen LogP contribution in [-0.2, 0) is 20.4 Å². The average Bonchev–Trinajstić information content (AvgIpc) is 3.43. The van der Waals surface area contributed by atoms with Gasteiger partial charge < -0.3 is 4.74 Å². The van der Waals surface area contributed by atoms with Crippen LogP contribution in [0.3, 0.4) is 0 Å². The summed E-state index contributed by atoms with van der Waals surface area (Å²) in [5.41, 5.74) is 8.78. The summed E-state index contributed by atoms with van der Waals surface area (Å²) >= 11 is 1.69. The molecule has 45 heavy (non-hydrogen) atoms. The number of thiophene rings is 1. The molecule has 238 valence electrons. The summed E-state index contributed by atoms with van der Waals surface area (Å²) in [5.74, 6) is 0.420. The second kappa shape index (κ2) is 12.0. The van der Waals surface area contributed by atoms with E-state index in [1.165, 1.54) is 12.5 Å². The Kier molecular flexibility index (Phi) is 9.18. The van der Waals surface area contributed by atoms with Crippen LogP contribution in [-0.4, -0.2) is 11.8 Å². The maximum absolute atomic E-state index is 13.9. The van der Waals surface area contributed by atoms with Gasteiger partial charge in [0.2, 0.25) is 0 Å². The number of esters is 1. The van der Waals surface area contributed by atoms with Gasteiger partial charge in [-0.25, -0.2) is 0 Å². The molecule has 1 heterocycles. The summed E-state index contributed by atoms with van der Waals surface area (Å²) in [6.07, 6.45) is 4.21. The average molecular weight is 623 g/mol. The Bertz CT molecular complexity index is 1630. The van der Waals surface area contributed by atoms with Crippen LogP contribution < -0.4 is 4.74 Å². The van der Waals surface area contributed by atoms with Crippen LogP contribution in [0.2, 0.25) is 0 Å². The van der Waals surface area contributed by atoms with Gasteiger partial charge in [-0.15, -0.1) is 0 Å². The van der Waals surface area contributed by atoms with Crippen LogP contribution in [0.15, 0.2) is 82.1 Å². The van der Waals surface area contributed by atoms with Crippen molar-refractivity contribution >= 4 is 28.7 Å². The fourth-order valence-corrected chi connectivity index (χ4v) is 6.45. The number of ketones is 1. The van der Waals surface area contributed by atoms with Gasteiger partial charge in [-0.1, -0.05) is 107 Å². The van der Waals surface area contributed by atoms with E-state index in [4.69, 9.17) is 4.74 Å². The normalized spacial score (nSPS) is 14.7. The quantitative estimate of drug-likeness (QED) is 0.215. The van der Waals surface area contributed by atoms with E-state index in [0.29, 0.717) is 5.75 Å². The molecule has 1 aliphatic carbocycles. The third-order valence-electron chi connectivity index (χ3n) is 8.26. The van der Waals surface area contributed by atoms with Crippen LogP contribution in [0.25, 0.3) is 16.7 Å². The van der Waals surface area contributed by atoms with Crippen LogP contribution in [0.4, 0.5) is 0 Å². The molecular weight excluding hydrogens is 573 g/mol. The zero-order valence-electron chi connectivity index (χ0n) is 29.5. The lowest BCUT2D eigenvalue weighted by molar-refractivity contribution is -0.132. The first-order valence-electron chi connectivity index (χ1n) is 15.8. The van der Waals surface area contributed by atoms with E-state index in [1.54, 1.807) is 11.3 Å². The Labute approximate surface area is 275 Å². The first-order chi connectivity index (χ1) is 20.6. The first-order valence-corrected chi connectivity index (χ1v) is 16.8. The minimum absolute atomic E-state index is 0.113. The van der Waals surface area contributed by atoms with Gasteiger partial charge in [-0.2, -0.15) is 11.3 Å². The lowest BCUT2D eigenvalue weighted by Gasteiger charge is -2.33. The highest BCUT2D eigenvalue weighted by atomic mass is 32.1. The predicted octanol–water partition coefficient (Wildman–Crippen LogP) is 11.3. The summed E-state index contributed by atoms with van der Waals surface area (Å²) in [7, 11) is 0. The van der Waals surface area contributed by atoms with Crippen molar-refractivity contribution in [2.24, 2.45) is 10.8 Å². The zero-order valence-corrected chi connectivity index (χ0v) is 30.3. The molecule has 0 N–H and O–H groups in total. The number of ether oxygens (including phenoxy) is 1. The highest BCUT2D eigenvalue weighted by Crippen LogP contribution is 2.46. The van der Waals surface area contributed by atoms with Crippen molar-refractivity contribution in [3.05, 3.63) is 104 Å². The third kappa shape index (κ3) is 7.49. The molecule has 0 unspecified atom stereocenters. The van der Waals surface area contributed by atoms with Crippen molar-refractivity contribution in [2.75, 3.05) is 0 Å². The van der Waals surface area contributed by atoms with E-state index in [9.17, 15) is 9.59 Å². The molecule has 0 atom stereocenters. The molecule has 3 nitrogen and oxygen atoms in total. The van der Waals surface area contributed by atoms with Crippen molar-refractivity contribution in [3.8, 4) is 16.9 Å². The molecule has 4 heteroatoms. The second-order valence-corrected chi connectivity index (χ2v) is 17.1. The highest BCUT2D eigenvalue weighted by Gasteiger charge is 2.36. The fraction of sp³-hybridized carbons (Fsp3) is 0.415. The lowest BCUT2D eigenvalue weighted by atomic mass is 9.70. The number of carbonyl (C=O) groups excluding carboxylic acids is 2. The highest BCUT2D eigenvalue weighted by molar-refractivity contribution is 7.08. The number of benzene rings is 2. The van der Waals surface area contributed by atoms with E-state index in [2.05, 4.69) is 148 Å². The van der Waals surface area contributed by atoms with Gasteiger partial charge in [-0.3, -0.25) is 9.59 Å². The number of hydrogen-bond acceptors (Lipinski definition) is 4. The lowest BCUT2D eigenvalue weighted by Crippen LogP contribution is -2.28. The number of hydrogen-bond donors (Lipinski definition) is 0. The molecule has 0 saturated heterocycles. The van der Waals surface area contributed by atoms with Gasteiger partial charge in [0.15, 0.2) is 5.78 Å². The van der Waals surface area contributed by atoms with E-state index < -0.39 is 0 Å². The first kappa shape index (κ1) is 34.4. The van der Waals surface area contributed by atoms with Crippen LogP contribution in [0, 0.1) is 10.8 Å². The number of rotatable bonds is 4. The Morgan fingerprint density at radius 1 is 0.644 bits per heavy atom. The Hall–Kier alpha value is -3.50. The minimum Gasteiger partial charge on any atom is -0.426 e. The predicted molar refractivity (Wildman–Crippen MR) is 191 cm³/mol. The number of Topliss-reactive ketones (excluding diaryl/α,β-unsaturated/α-hetero) is 1. The Balaban J connectivity index is 2.19. The van der Waals surface area contributed by atoms with E-state index in [-0.39, 0.29) is 33.4 Å². The monoisotopic (exact) mass is 622 g/mol. The molecule has 3 aromatic rings. The molecule has 0 fully saturated rings. The largest absolute Gasteiger partial charge is 0.426 e. The molecule has 0 amide bonds. The maximum atomic E-state index is 13.9. The van der Waals surface area contributed by atoms with Crippen LogP contribution >= 0.6 is 11.3 Å². The summed E-state index contributed by atoms with van der Waals surface area (Å²) in [6, 6.07) is 15.3. The van der Waals surface area contributed by atoms with Crippen molar-refractivity contribution < 1.29 is 14.3 Å². The van der Waals surface area contributed by atoms with E-state index in [1.807, 2.05) is 0 Å². The molecule has 1 aromatic heterocycles. The summed E-state index contributed by atoms with van der Waals surface area (Å²) in [5, 5.41) is 4.26. The van der Waals surface area contributed by atoms with Crippen LogP contribution in [0.1, 0.15) is 112 Å². The number of allylic oxidation sites excluding steroid dienone is 5. The van der Waals surface area contributed by atoms with Crippen molar-refractivity contribution in [1.29, 1.82) is 0 Å². The molecule has 2 aromatic carbocycles. The van der Waals surface area contributed by atoms with Crippen molar-refractivity contribution in [2.45, 2.75) is 101 Å². The molecule has 0 aliphatic heterocycles. The summed E-state index contributed by atoms with van der Waals surface area (Å²) < 4.78 is 5.99. The zero-order chi connectivity index (χ0) is 33.7. The standard InChI is InChI=1S/C41H50O3S/c1-25(42)44-37-33(40(8,9)10)22-30(23-34(37)41(11,12)13)35(27-16-14-26(15-17-27)28-18-19-45-24-28)29-20-31(38(2,3)4)36(43)32(21-29)39(5,6)7/h14-24H,1-13H3. The van der Waals surface area contributed by atoms with E-state index >= 15 is 0 Å². The van der Waals surface area contributed by atoms with Gasteiger partial charge in [-0.05, 0) is 96.2 Å². The second-order valence-electron chi connectivity index (χ2n) is 16.4. The summed E-state index contributed by atoms with van der Waals surface area (Å²) in [4.78, 5) is 26.3. The molecule has 0 radical (unpaired) electrons. The minimum atomic E-state index is -0.340. The Morgan fingerprint density at radius 3 is 1.51 bits per heavy atom. The van der Waals surface area contributed by atoms with Crippen molar-refractivity contribution in [3.63, 3.8) is 0 Å². The molecule has 4 rings (SSSR count). The van der Waals surface area contributed by atoms with Gasteiger partial charge in [0.25, 0.3) is 0 Å². The number of carbonyl (C=O) groups is 2. The van der Waals surface area contributed by atoms with Gasteiger partial charge >= 0.3 is 5.97 Å². The smallest absolute Gasteiger partial charge is 0.308 e. The van der Waals surface area contributed by atoms with Crippen molar-refractivity contribution in [1.82, 2.24) is 0 Å². The molecule has 0 bridgehead atoms. The van der Waals surface area contributed by atoms with Gasteiger partial charge in [0.1, 0.15) is 5.75 Å². The molecule has 0 spiro atoms. The van der Waals surface area contributed by atoms with Crippen LogP contribution in [0.5, 0.6) is 5.75 Å². The molecular formula is C41H50O3S. The SMILES string of the molecule is CC(=O)Oc1c(C(C)(C)C)cc(C(=C2C=C(C(C)(C)C)C(=O)C(C(C)(C)C)=C2)c2ccc(-c3ccsc3)cc2)cc1C(C)(C)C.